The zero-order valence-corrected chi connectivity index (χ0v) is 8.09. The molecule has 9 heteroatoms. The Labute approximate surface area is 88.5 Å². The van der Waals surface area contributed by atoms with Gasteiger partial charge in [0.15, 0.2) is 0 Å². The summed E-state index contributed by atoms with van der Waals surface area (Å²) in [5.74, 6) is 0. The number of rotatable bonds is 0. The molecule has 0 amide bonds. The maximum Gasteiger partial charge on any atom is 0 e. The average Bonchev–Trinajstić information content (AvgIpc) is 0. The molecule has 0 aliphatic heterocycles. The van der Waals surface area contributed by atoms with E-state index in [-0.39, 0.29) is 88.6 Å². The van der Waals surface area contributed by atoms with Crippen LogP contribution in [-0.2, 0) is 17.1 Å². The standard InChI is InChI=1S/4ClH.Mn.4H2O/h4*1H;;4*1H2/p-4. The molecule has 0 rings (SSSR count). The Morgan fingerprint density at radius 1 is 0.333 bits per heavy atom. The third-order valence-electron chi connectivity index (χ3n) is 0. The van der Waals surface area contributed by atoms with E-state index in [1.807, 2.05) is 0 Å². The van der Waals surface area contributed by atoms with Crippen molar-refractivity contribution in [2.24, 2.45) is 0 Å². The van der Waals surface area contributed by atoms with Crippen LogP contribution in [0.4, 0.5) is 0 Å². The zero-order valence-electron chi connectivity index (χ0n) is 3.89. The van der Waals surface area contributed by atoms with Crippen molar-refractivity contribution >= 4 is 0 Å². The summed E-state index contributed by atoms with van der Waals surface area (Å²) >= 11 is 0. The third-order valence-corrected chi connectivity index (χ3v) is 0. The predicted molar refractivity (Wildman–Crippen MR) is 14.5 cm³/mol. The topological polar surface area (TPSA) is 126 Å². The first-order chi connectivity index (χ1) is 0. The molecule has 4 nitrogen and oxygen atoms in total. The Hall–Kier alpha value is 1.52. The van der Waals surface area contributed by atoms with Crippen LogP contribution in [-0.4, -0.2) is 21.9 Å². The smallest absolute Gasteiger partial charge is 0 e. The Kier molecular flexibility index (Phi) is 13700. The average molecular weight is 269 g/mol. The Morgan fingerprint density at radius 3 is 0.333 bits per heavy atom. The van der Waals surface area contributed by atoms with E-state index in [1.165, 1.54) is 0 Å². The minimum Gasteiger partial charge on any atom is -1.00 e. The zero-order chi connectivity index (χ0) is 0. The molecule has 71 valence electrons. The second-order valence-corrected chi connectivity index (χ2v) is 0. The van der Waals surface area contributed by atoms with Crippen LogP contribution in [0.25, 0.3) is 0 Å². The van der Waals surface area contributed by atoms with E-state index >= 15 is 0 Å². The molecular formula is H8Cl4MnO4-4. The fraction of sp³-hybridized carbons (Fsp3) is 0. The SMILES string of the molecule is O.O.O.O.[Cl-].[Cl-].[Cl-].[Cl-].[Mn]. The fourth-order valence-corrected chi connectivity index (χ4v) is 0. The second kappa shape index (κ2) is 299. The van der Waals surface area contributed by atoms with Crippen LogP contribution in [0, 0.1) is 0 Å². The molecule has 0 bridgehead atoms. The van der Waals surface area contributed by atoms with Crippen molar-refractivity contribution in [1.29, 1.82) is 0 Å². The first kappa shape index (κ1) is 413. The van der Waals surface area contributed by atoms with Gasteiger partial charge in [0.1, 0.15) is 0 Å². The second-order valence-electron chi connectivity index (χ2n) is 0. The van der Waals surface area contributed by atoms with Gasteiger partial charge >= 0.3 is 0 Å². The molecule has 8 N–H and O–H groups in total. The quantitative estimate of drug-likeness (QED) is 0.387. The third kappa shape index (κ3) is 233. The van der Waals surface area contributed by atoms with Gasteiger partial charge in [0.2, 0.25) is 0 Å². The van der Waals surface area contributed by atoms with Crippen LogP contribution >= 0.6 is 0 Å². The van der Waals surface area contributed by atoms with Crippen LogP contribution in [0.1, 0.15) is 0 Å². The van der Waals surface area contributed by atoms with Crippen molar-refractivity contribution in [3.8, 4) is 0 Å². The van der Waals surface area contributed by atoms with E-state index in [2.05, 4.69) is 0 Å². The van der Waals surface area contributed by atoms with Gasteiger partial charge in [-0.1, -0.05) is 0 Å². The number of hydrogen-bond acceptors (Lipinski definition) is 0. The van der Waals surface area contributed by atoms with Gasteiger partial charge in [-0.15, -0.1) is 0 Å². The van der Waals surface area contributed by atoms with Gasteiger partial charge in [0, 0.05) is 17.1 Å². The van der Waals surface area contributed by atoms with Crippen LogP contribution in [0.2, 0.25) is 0 Å². The molecule has 0 aromatic rings. The normalized spacial score (nSPS) is 0. The van der Waals surface area contributed by atoms with Gasteiger partial charge < -0.3 is 71.5 Å². The van der Waals surface area contributed by atoms with Gasteiger partial charge in [-0.3, -0.25) is 0 Å². The van der Waals surface area contributed by atoms with Gasteiger partial charge in [0.05, 0.1) is 0 Å². The molecule has 0 saturated heterocycles. The van der Waals surface area contributed by atoms with E-state index < -0.39 is 0 Å². The molecule has 0 atom stereocenters. The van der Waals surface area contributed by atoms with E-state index in [0.717, 1.165) is 0 Å². The monoisotopic (exact) mass is 267 g/mol. The molecule has 0 unspecified atom stereocenters. The van der Waals surface area contributed by atoms with Gasteiger partial charge in [-0.2, -0.15) is 0 Å². The maximum atomic E-state index is 0. The van der Waals surface area contributed by atoms with Crippen molar-refractivity contribution in [2.75, 3.05) is 0 Å². The molecule has 1 radical (unpaired) electrons. The molecule has 0 spiro atoms. The van der Waals surface area contributed by atoms with Crippen LogP contribution in [0.5, 0.6) is 0 Å². The Bertz CT molecular complexity index is 12.5. The number of hydrogen-bond donors (Lipinski definition) is 0. The van der Waals surface area contributed by atoms with Gasteiger partial charge in [-0.05, 0) is 0 Å². The molecule has 0 aliphatic rings. The fourth-order valence-electron chi connectivity index (χ4n) is 0. The summed E-state index contributed by atoms with van der Waals surface area (Å²) in [7, 11) is 0. The first-order valence-corrected chi connectivity index (χ1v) is 0. The van der Waals surface area contributed by atoms with Gasteiger partial charge in [-0.25, -0.2) is 0 Å². The molecular weight excluding hydrogens is 261 g/mol. The minimum atomic E-state index is 0. The Balaban J connectivity index is 0. The van der Waals surface area contributed by atoms with E-state index in [0.29, 0.717) is 0 Å². The largest absolute Gasteiger partial charge is 1.00 e. The summed E-state index contributed by atoms with van der Waals surface area (Å²) in [5.41, 5.74) is 0. The summed E-state index contributed by atoms with van der Waals surface area (Å²) in [6.45, 7) is 0. The van der Waals surface area contributed by atoms with Crippen molar-refractivity contribution in [3.63, 3.8) is 0 Å². The van der Waals surface area contributed by atoms with Crippen LogP contribution in [0.3, 0.4) is 0 Å². The minimum absolute atomic E-state index is 0. The molecule has 0 aliphatic carbocycles. The van der Waals surface area contributed by atoms with E-state index in [4.69, 9.17) is 0 Å². The summed E-state index contributed by atoms with van der Waals surface area (Å²) < 4.78 is 0. The summed E-state index contributed by atoms with van der Waals surface area (Å²) in [5, 5.41) is 0. The summed E-state index contributed by atoms with van der Waals surface area (Å²) in [4.78, 5) is 0. The van der Waals surface area contributed by atoms with Crippen molar-refractivity contribution in [3.05, 3.63) is 0 Å². The van der Waals surface area contributed by atoms with E-state index in [1.54, 1.807) is 0 Å². The molecule has 0 aromatic heterocycles. The Morgan fingerprint density at radius 2 is 0.333 bits per heavy atom. The summed E-state index contributed by atoms with van der Waals surface area (Å²) in [6.07, 6.45) is 0. The van der Waals surface area contributed by atoms with Crippen molar-refractivity contribution < 1.29 is 88.6 Å². The summed E-state index contributed by atoms with van der Waals surface area (Å²) in [6, 6.07) is 0. The van der Waals surface area contributed by atoms with Crippen LogP contribution < -0.4 is 49.6 Å². The number of halogens is 4. The van der Waals surface area contributed by atoms with Crippen LogP contribution in [0.15, 0.2) is 0 Å². The van der Waals surface area contributed by atoms with Crippen molar-refractivity contribution in [1.82, 2.24) is 0 Å². The molecule has 0 fully saturated rings. The molecule has 0 aromatic carbocycles. The predicted octanol–water partition coefficient (Wildman–Crippen LogP) is -15.3. The first-order valence-electron chi connectivity index (χ1n) is 0. The molecule has 0 saturated carbocycles. The van der Waals surface area contributed by atoms with Crippen molar-refractivity contribution in [2.45, 2.75) is 0 Å². The van der Waals surface area contributed by atoms with E-state index in [9.17, 15) is 0 Å². The van der Waals surface area contributed by atoms with Gasteiger partial charge in [0.25, 0.3) is 0 Å². The molecule has 0 heterocycles. The maximum absolute atomic E-state index is 0. The molecule has 9 heavy (non-hydrogen) atoms.